The minimum atomic E-state index is -4.38. The number of likely N-dealkylation sites (tertiary alicyclic amines) is 1. The van der Waals surface area contributed by atoms with Gasteiger partial charge in [0.2, 0.25) is 0 Å². The van der Waals surface area contributed by atoms with Crippen LogP contribution in [0, 0.1) is 5.92 Å². The minimum Gasteiger partial charge on any atom is -0.466 e. The van der Waals surface area contributed by atoms with Gasteiger partial charge in [-0.2, -0.15) is 13.2 Å². The maximum absolute atomic E-state index is 12.5. The molecule has 1 saturated heterocycles. The van der Waals surface area contributed by atoms with E-state index in [0.717, 1.165) is 44.0 Å². The Labute approximate surface area is 191 Å². The molecule has 2 N–H and O–H groups in total. The van der Waals surface area contributed by atoms with Gasteiger partial charge in [0.05, 0.1) is 18.1 Å². The van der Waals surface area contributed by atoms with Gasteiger partial charge in [0.15, 0.2) is 5.96 Å². The van der Waals surface area contributed by atoms with Crippen LogP contribution >= 0.6 is 24.0 Å². The van der Waals surface area contributed by atoms with E-state index in [1.807, 2.05) is 0 Å². The van der Waals surface area contributed by atoms with Gasteiger partial charge in [-0.25, -0.2) is 4.98 Å². The second-order valence-corrected chi connectivity index (χ2v) is 6.72. The number of hydrogen-bond donors (Lipinski definition) is 2. The number of pyridine rings is 1. The number of alkyl halides is 3. The van der Waals surface area contributed by atoms with E-state index in [4.69, 9.17) is 4.74 Å². The summed E-state index contributed by atoms with van der Waals surface area (Å²) in [7, 11) is 1.70. The van der Waals surface area contributed by atoms with Crippen molar-refractivity contribution in [2.24, 2.45) is 10.9 Å². The van der Waals surface area contributed by atoms with E-state index in [-0.39, 0.29) is 35.9 Å². The minimum absolute atomic E-state index is 0. The molecule has 2 heterocycles. The second kappa shape index (κ2) is 12.8. The molecule has 1 aliphatic heterocycles. The molecule has 0 aliphatic carbocycles. The van der Waals surface area contributed by atoms with Crippen molar-refractivity contribution in [1.82, 2.24) is 15.2 Å². The van der Waals surface area contributed by atoms with Crippen LogP contribution < -0.4 is 10.6 Å². The molecule has 11 heteroatoms. The number of rotatable bonds is 7. The molecule has 7 nitrogen and oxygen atoms in total. The standard InChI is InChI=1S/C19H28F3N5O2.HI/c1-3-29-17(28)14-6-4-11-27(13-14)18(23-2)25-10-5-9-24-16-8-7-15(12-26-16)19(20,21)22;/h7-8,12,14H,3-6,9-11,13H2,1-2H3,(H,23,25)(H,24,26);1H/t14-;/m1./s1. The summed E-state index contributed by atoms with van der Waals surface area (Å²) in [5, 5.41) is 6.26. The van der Waals surface area contributed by atoms with E-state index in [2.05, 4.69) is 25.5 Å². The normalized spacial score (nSPS) is 17.2. The zero-order valence-corrected chi connectivity index (χ0v) is 19.5. The summed E-state index contributed by atoms with van der Waals surface area (Å²) in [4.78, 5) is 22.1. The van der Waals surface area contributed by atoms with Crippen LogP contribution in [0.4, 0.5) is 19.0 Å². The maximum atomic E-state index is 12.5. The van der Waals surface area contributed by atoms with Crippen molar-refractivity contribution < 1.29 is 22.7 Å². The lowest BCUT2D eigenvalue weighted by Crippen LogP contribution is -2.48. The summed E-state index contributed by atoms with van der Waals surface area (Å²) in [6, 6.07) is 2.32. The van der Waals surface area contributed by atoms with Crippen LogP contribution in [0.1, 0.15) is 31.7 Å². The molecular weight excluding hydrogens is 514 g/mol. The van der Waals surface area contributed by atoms with Crippen molar-refractivity contribution in [3.8, 4) is 0 Å². The Morgan fingerprint density at radius 3 is 2.73 bits per heavy atom. The zero-order chi connectivity index (χ0) is 21.3. The Morgan fingerprint density at radius 2 is 2.13 bits per heavy atom. The van der Waals surface area contributed by atoms with Gasteiger partial charge in [-0.15, -0.1) is 24.0 Å². The first kappa shape index (κ1) is 26.2. The molecule has 1 aliphatic rings. The number of guanidine groups is 1. The number of carbonyl (C=O) groups excluding carboxylic acids is 1. The first-order valence-corrected chi connectivity index (χ1v) is 9.74. The van der Waals surface area contributed by atoms with Gasteiger partial charge < -0.3 is 20.3 Å². The molecule has 0 saturated carbocycles. The SMILES string of the molecule is CCOC(=O)[C@@H]1CCCN(C(=NC)NCCCNc2ccc(C(F)(F)F)cn2)C1.I. The van der Waals surface area contributed by atoms with Crippen molar-refractivity contribution in [2.45, 2.75) is 32.4 Å². The molecule has 1 aromatic rings. The van der Waals surface area contributed by atoms with Gasteiger partial charge in [-0.1, -0.05) is 0 Å². The summed E-state index contributed by atoms with van der Waals surface area (Å²) in [6.07, 6.45) is -1.14. The number of nitrogens with one attached hydrogen (secondary N) is 2. The van der Waals surface area contributed by atoms with Gasteiger partial charge in [0, 0.05) is 39.4 Å². The van der Waals surface area contributed by atoms with Crippen LogP contribution in [0.2, 0.25) is 0 Å². The monoisotopic (exact) mass is 543 g/mol. The second-order valence-electron chi connectivity index (χ2n) is 6.72. The summed E-state index contributed by atoms with van der Waals surface area (Å²) in [5.41, 5.74) is -0.767. The van der Waals surface area contributed by atoms with Gasteiger partial charge >= 0.3 is 12.1 Å². The van der Waals surface area contributed by atoms with Gasteiger partial charge in [-0.3, -0.25) is 9.79 Å². The van der Waals surface area contributed by atoms with Crippen molar-refractivity contribution in [2.75, 3.05) is 45.2 Å². The molecule has 30 heavy (non-hydrogen) atoms. The quantitative estimate of drug-likeness (QED) is 0.181. The van der Waals surface area contributed by atoms with Gasteiger partial charge in [-0.05, 0) is 38.3 Å². The largest absolute Gasteiger partial charge is 0.466 e. The lowest BCUT2D eigenvalue weighted by molar-refractivity contribution is -0.149. The van der Waals surface area contributed by atoms with Crippen molar-refractivity contribution in [3.63, 3.8) is 0 Å². The molecular formula is C19H29F3IN5O2. The number of nitrogens with zero attached hydrogens (tertiary/aromatic N) is 3. The molecule has 1 fully saturated rings. The number of aliphatic imine (C=N–C) groups is 1. The molecule has 0 spiro atoms. The number of aromatic nitrogens is 1. The summed E-state index contributed by atoms with van der Waals surface area (Å²) in [5.74, 6) is 0.818. The molecule has 1 aromatic heterocycles. The van der Waals surface area contributed by atoms with E-state index < -0.39 is 11.7 Å². The number of esters is 1. The number of halogens is 4. The number of hydrogen-bond acceptors (Lipinski definition) is 5. The lowest BCUT2D eigenvalue weighted by Gasteiger charge is -2.34. The highest BCUT2D eigenvalue weighted by atomic mass is 127. The predicted molar refractivity (Wildman–Crippen MR) is 120 cm³/mol. The van der Waals surface area contributed by atoms with Crippen LogP contribution in [0.3, 0.4) is 0 Å². The summed E-state index contributed by atoms with van der Waals surface area (Å²) in [6.45, 7) is 4.75. The maximum Gasteiger partial charge on any atom is 0.417 e. The molecule has 2 rings (SSSR count). The first-order chi connectivity index (χ1) is 13.8. The fraction of sp³-hybridized carbons (Fsp3) is 0.632. The van der Waals surface area contributed by atoms with E-state index in [1.54, 1.807) is 14.0 Å². The topological polar surface area (TPSA) is 78.8 Å². The third kappa shape index (κ3) is 8.15. The number of anilines is 1. The van der Waals surface area contributed by atoms with Crippen LogP contribution in [-0.2, 0) is 15.7 Å². The number of ether oxygens (including phenoxy) is 1. The highest BCUT2D eigenvalue weighted by Crippen LogP contribution is 2.28. The van der Waals surface area contributed by atoms with Crippen LogP contribution in [-0.4, -0.2) is 61.6 Å². The molecule has 0 amide bonds. The van der Waals surface area contributed by atoms with Crippen molar-refractivity contribution in [3.05, 3.63) is 23.9 Å². The molecule has 1 atom stereocenters. The van der Waals surface area contributed by atoms with Crippen LogP contribution in [0.25, 0.3) is 0 Å². The number of piperidine rings is 1. The molecule has 170 valence electrons. The van der Waals surface area contributed by atoms with Gasteiger partial charge in [0.25, 0.3) is 0 Å². The Hall–Kier alpha value is -1.79. The van der Waals surface area contributed by atoms with Crippen molar-refractivity contribution >= 4 is 41.7 Å². The fourth-order valence-corrected chi connectivity index (χ4v) is 3.13. The Kier molecular flexibility index (Phi) is 11.2. The zero-order valence-electron chi connectivity index (χ0n) is 17.2. The van der Waals surface area contributed by atoms with E-state index in [1.165, 1.54) is 6.07 Å². The Balaban J connectivity index is 0.00000450. The van der Waals surface area contributed by atoms with E-state index in [9.17, 15) is 18.0 Å². The molecule has 0 bridgehead atoms. The van der Waals surface area contributed by atoms with Gasteiger partial charge in [0.1, 0.15) is 5.82 Å². The number of carbonyl (C=O) groups is 1. The molecule has 0 radical (unpaired) electrons. The average molecular weight is 543 g/mol. The first-order valence-electron chi connectivity index (χ1n) is 9.74. The molecule has 0 unspecified atom stereocenters. The smallest absolute Gasteiger partial charge is 0.417 e. The molecule has 0 aromatic carbocycles. The highest BCUT2D eigenvalue weighted by molar-refractivity contribution is 14.0. The van der Waals surface area contributed by atoms with E-state index >= 15 is 0 Å². The van der Waals surface area contributed by atoms with Crippen LogP contribution in [0.15, 0.2) is 23.3 Å². The summed E-state index contributed by atoms with van der Waals surface area (Å²) >= 11 is 0. The van der Waals surface area contributed by atoms with Crippen LogP contribution in [0.5, 0.6) is 0 Å². The Morgan fingerprint density at radius 1 is 1.37 bits per heavy atom. The third-order valence-corrected chi connectivity index (χ3v) is 4.59. The third-order valence-electron chi connectivity index (χ3n) is 4.59. The Bertz CT molecular complexity index is 686. The highest BCUT2D eigenvalue weighted by Gasteiger charge is 2.30. The fourth-order valence-electron chi connectivity index (χ4n) is 3.13. The van der Waals surface area contributed by atoms with E-state index in [0.29, 0.717) is 32.1 Å². The predicted octanol–water partition coefficient (Wildman–Crippen LogP) is 3.37. The summed E-state index contributed by atoms with van der Waals surface area (Å²) < 4.78 is 42.7. The lowest BCUT2D eigenvalue weighted by atomic mass is 9.98. The van der Waals surface area contributed by atoms with Crippen molar-refractivity contribution in [1.29, 1.82) is 0 Å². The average Bonchev–Trinajstić information content (AvgIpc) is 2.70.